The van der Waals surface area contributed by atoms with Crippen molar-refractivity contribution in [3.8, 4) is 0 Å². The summed E-state index contributed by atoms with van der Waals surface area (Å²) in [6.07, 6.45) is 1.99. The van der Waals surface area contributed by atoms with Gasteiger partial charge in [-0.15, -0.1) is 0 Å². The minimum atomic E-state index is -0.452. The number of nitrogens with one attached hydrogen (secondary N) is 1. The second-order valence-electron chi connectivity index (χ2n) is 4.86. The highest BCUT2D eigenvalue weighted by atomic mass is 16.2. The molecule has 0 radical (unpaired) electrons. The topological polar surface area (TPSA) is 55.1 Å². The summed E-state index contributed by atoms with van der Waals surface area (Å²) in [6, 6.07) is 9.91. The van der Waals surface area contributed by atoms with E-state index in [2.05, 4.69) is 31.3 Å². The lowest BCUT2D eigenvalue weighted by atomic mass is 9.76. The molecule has 1 amide bonds. The van der Waals surface area contributed by atoms with Gasteiger partial charge < -0.3 is 11.1 Å². The third-order valence-corrected chi connectivity index (χ3v) is 3.75. The average molecular weight is 248 g/mol. The molecule has 100 valence electrons. The van der Waals surface area contributed by atoms with Crippen LogP contribution in [-0.4, -0.2) is 18.5 Å². The van der Waals surface area contributed by atoms with Gasteiger partial charge in [0.15, 0.2) is 0 Å². The summed E-state index contributed by atoms with van der Waals surface area (Å²) in [5.74, 6) is -0.0859. The van der Waals surface area contributed by atoms with E-state index >= 15 is 0 Å². The van der Waals surface area contributed by atoms with E-state index in [1.165, 1.54) is 5.56 Å². The maximum atomic E-state index is 11.6. The molecule has 18 heavy (non-hydrogen) atoms. The minimum Gasteiger partial charge on any atom is -0.354 e. The number of rotatable bonds is 6. The number of hydrogen-bond acceptors (Lipinski definition) is 2. The van der Waals surface area contributed by atoms with E-state index in [0.717, 1.165) is 12.8 Å². The summed E-state index contributed by atoms with van der Waals surface area (Å²) in [5, 5.41) is 2.96. The van der Waals surface area contributed by atoms with Crippen LogP contribution in [0.15, 0.2) is 30.3 Å². The summed E-state index contributed by atoms with van der Waals surface area (Å²) >= 11 is 0. The Labute approximate surface area is 110 Å². The van der Waals surface area contributed by atoms with Crippen molar-refractivity contribution < 1.29 is 4.79 Å². The first kappa shape index (κ1) is 14.7. The zero-order valence-electron chi connectivity index (χ0n) is 11.6. The third kappa shape index (κ3) is 3.33. The lowest BCUT2D eigenvalue weighted by Gasteiger charge is -2.33. The van der Waals surface area contributed by atoms with Gasteiger partial charge in [-0.05, 0) is 25.3 Å². The third-order valence-electron chi connectivity index (χ3n) is 3.75. The minimum absolute atomic E-state index is 0.00576. The van der Waals surface area contributed by atoms with Crippen molar-refractivity contribution in [1.29, 1.82) is 0 Å². The summed E-state index contributed by atoms with van der Waals surface area (Å²) in [7, 11) is 0. The van der Waals surface area contributed by atoms with Gasteiger partial charge in [0, 0.05) is 12.0 Å². The fraction of sp³-hybridized carbons (Fsp3) is 0.533. The fourth-order valence-corrected chi connectivity index (χ4v) is 2.22. The Morgan fingerprint density at radius 2 is 1.83 bits per heavy atom. The van der Waals surface area contributed by atoms with Gasteiger partial charge in [-0.2, -0.15) is 0 Å². The first-order valence-corrected chi connectivity index (χ1v) is 6.64. The Morgan fingerprint density at radius 3 is 2.28 bits per heavy atom. The van der Waals surface area contributed by atoms with Crippen LogP contribution in [0.25, 0.3) is 0 Å². The number of benzene rings is 1. The second kappa shape index (κ2) is 6.55. The van der Waals surface area contributed by atoms with Crippen LogP contribution >= 0.6 is 0 Å². The molecule has 0 unspecified atom stereocenters. The van der Waals surface area contributed by atoms with Gasteiger partial charge in [0.1, 0.15) is 0 Å². The molecule has 1 aromatic rings. The highest BCUT2D eigenvalue weighted by molar-refractivity contribution is 5.81. The summed E-state index contributed by atoms with van der Waals surface area (Å²) in [5.41, 5.74) is 6.86. The number of amides is 1. The van der Waals surface area contributed by atoms with Crippen LogP contribution in [0, 0.1) is 0 Å². The van der Waals surface area contributed by atoms with Crippen LogP contribution in [0.3, 0.4) is 0 Å². The van der Waals surface area contributed by atoms with Crippen LogP contribution in [0.5, 0.6) is 0 Å². The van der Waals surface area contributed by atoms with Gasteiger partial charge >= 0.3 is 0 Å². The maximum absolute atomic E-state index is 11.6. The number of carbonyl (C=O) groups is 1. The Bertz CT molecular complexity index is 369. The molecule has 3 heteroatoms. The molecule has 0 saturated heterocycles. The number of nitrogens with two attached hydrogens (primary N) is 1. The van der Waals surface area contributed by atoms with Crippen molar-refractivity contribution in [3.05, 3.63) is 35.9 Å². The Kier molecular flexibility index (Phi) is 5.35. The molecule has 3 N–H and O–H groups in total. The lowest BCUT2D eigenvalue weighted by molar-refractivity contribution is -0.122. The van der Waals surface area contributed by atoms with Crippen LogP contribution in [0.2, 0.25) is 0 Å². The van der Waals surface area contributed by atoms with E-state index in [0.29, 0.717) is 6.54 Å². The molecule has 1 atom stereocenters. The van der Waals surface area contributed by atoms with Gasteiger partial charge in [0.05, 0.1) is 6.04 Å². The number of carbonyl (C=O) groups excluding carboxylic acids is 1. The van der Waals surface area contributed by atoms with Crippen molar-refractivity contribution in [2.75, 3.05) is 6.54 Å². The standard InChI is InChI=1S/C15H24N2O/c1-4-15(5-2,11-17-14(18)12(3)16)13-9-7-6-8-10-13/h6-10,12H,4-5,11,16H2,1-3H3,(H,17,18)/t12-/m1/s1. The molecular formula is C15H24N2O. The predicted octanol–water partition coefficient (Wildman–Crippen LogP) is 2.21. The first-order chi connectivity index (χ1) is 8.55. The fourth-order valence-electron chi connectivity index (χ4n) is 2.22. The van der Waals surface area contributed by atoms with E-state index < -0.39 is 6.04 Å². The van der Waals surface area contributed by atoms with E-state index in [-0.39, 0.29) is 11.3 Å². The quantitative estimate of drug-likeness (QED) is 0.811. The molecule has 0 spiro atoms. The van der Waals surface area contributed by atoms with Crippen LogP contribution < -0.4 is 11.1 Å². The van der Waals surface area contributed by atoms with E-state index in [1.54, 1.807) is 6.92 Å². The SMILES string of the molecule is CCC(CC)(CNC(=O)[C@@H](C)N)c1ccccc1. The predicted molar refractivity (Wildman–Crippen MR) is 75.4 cm³/mol. The van der Waals surface area contributed by atoms with Crippen LogP contribution in [-0.2, 0) is 10.2 Å². The van der Waals surface area contributed by atoms with E-state index in [4.69, 9.17) is 5.73 Å². The maximum Gasteiger partial charge on any atom is 0.236 e. The van der Waals surface area contributed by atoms with Crippen LogP contribution in [0.1, 0.15) is 39.2 Å². The molecule has 0 aliphatic rings. The molecule has 0 aliphatic heterocycles. The highest BCUT2D eigenvalue weighted by Gasteiger charge is 2.28. The first-order valence-electron chi connectivity index (χ1n) is 6.64. The molecular weight excluding hydrogens is 224 g/mol. The summed E-state index contributed by atoms with van der Waals surface area (Å²) in [6.45, 7) is 6.67. The highest BCUT2D eigenvalue weighted by Crippen LogP contribution is 2.30. The summed E-state index contributed by atoms with van der Waals surface area (Å²) < 4.78 is 0. The monoisotopic (exact) mass is 248 g/mol. The zero-order valence-corrected chi connectivity index (χ0v) is 11.6. The van der Waals surface area contributed by atoms with Crippen molar-refractivity contribution >= 4 is 5.91 Å². The van der Waals surface area contributed by atoms with Gasteiger partial charge in [0.25, 0.3) is 0 Å². The Balaban J connectivity index is 2.85. The molecule has 0 aromatic heterocycles. The molecule has 0 heterocycles. The van der Waals surface area contributed by atoms with Gasteiger partial charge in [0.2, 0.25) is 5.91 Å². The normalized spacial score (nSPS) is 13.1. The van der Waals surface area contributed by atoms with E-state index in [1.807, 2.05) is 18.2 Å². The van der Waals surface area contributed by atoms with Gasteiger partial charge in [-0.25, -0.2) is 0 Å². The molecule has 0 aliphatic carbocycles. The van der Waals surface area contributed by atoms with Crippen LogP contribution in [0.4, 0.5) is 0 Å². The van der Waals surface area contributed by atoms with E-state index in [9.17, 15) is 4.79 Å². The summed E-state index contributed by atoms with van der Waals surface area (Å²) in [4.78, 5) is 11.6. The Hall–Kier alpha value is -1.35. The van der Waals surface area contributed by atoms with Crippen molar-refractivity contribution in [2.24, 2.45) is 5.73 Å². The second-order valence-corrected chi connectivity index (χ2v) is 4.86. The number of hydrogen-bond donors (Lipinski definition) is 2. The molecule has 1 rings (SSSR count). The largest absolute Gasteiger partial charge is 0.354 e. The Morgan fingerprint density at radius 1 is 1.28 bits per heavy atom. The molecule has 0 saturated carbocycles. The molecule has 0 fully saturated rings. The average Bonchev–Trinajstić information content (AvgIpc) is 2.41. The lowest BCUT2D eigenvalue weighted by Crippen LogP contribution is -2.45. The van der Waals surface area contributed by atoms with Gasteiger partial charge in [-0.3, -0.25) is 4.79 Å². The molecule has 0 bridgehead atoms. The smallest absolute Gasteiger partial charge is 0.236 e. The molecule has 3 nitrogen and oxygen atoms in total. The van der Waals surface area contributed by atoms with Crippen molar-refractivity contribution in [3.63, 3.8) is 0 Å². The zero-order chi connectivity index (χ0) is 13.6. The van der Waals surface area contributed by atoms with Crippen molar-refractivity contribution in [1.82, 2.24) is 5.32 Å². The van der Waals surface area contributed by atoms with Crippen molar-refractivity contribution in [2.45, 2.75) is 45.1 Å². The molecule has 1 aromatic carbocycles. The van der Waals surface area contributed by atoms with Gasteiger partial charge in [-0.1, -0.05) is 44.2 Å².